The van der Waals surface area contributed by atoms with Crippen LogP contribution in [0.25, 0.3) is 0 Å². The van der Waals surface area contributed by atoms with Gasteiger partial charge in [0.25, 0.3) is 5.91 Å². The molecule has 0 saturated carbocycles. The molecule has 1 aromatic heterocycles. The second-order valence-corrected chi connectivity index (χ2v) is 11.7. The summed E-state index contributed by atoms with van der Waals surface area (Å²) in [5, 5.41) is 0.215. The van der Waals surface area contributed by atoms with Gasteiger partial charge in [0.15, 0.2) is 6.61 Å². The van der Waals surface area contributed by atoms with Crippen LogP contribution in [0.1, 0.15) is 16.4 Å². The van der Waals surface area contributed by atoms with Gasteiger partial charge in [-0.2, -0.15) is 0 Å². The Morgan fingerprint density at radius 2 is 1.84 bits per heavy atom. The van der Waals surface area contributed by atoms with Gasteiger partial charge in [-0.25, -0.2) is 4.90 Å². The summed E-state index contributed by atoms with van der Waals surface area (Å²) >= 11 is 8.61. The molecule has 6 rings (SSSR count). The molecule has 3 amide bonds. The van der Waals surface area contributed by atoms with Crippen LogP contribution in [-0.4, -0.2) is 65.8 Å². The molecular weight excluding hydrogens is 550 g/mol. The number of thiazole rings is 1. The number of ether oxygens (including phenoxy) is 2. The lowest BCUT2D eigenvalue weighted by Crippen LogP contribution is -2.43. The summed E-state index contributed by atoms with van der Waals surface area (Å²) in [5.74, 6) is -1.96. The smallest absolute Gasteiger partial charge is 0.305 e. The first-order valence-electron chi connectivity index (χ1n) is 12.0. The number of carbonyl (C=O) groups is 3. The lowest BCUT2D eigenvalue weighted by atomic mass is 9.82. The van der Waals surface area contributed by atoms with Crippen molar-refractivity contribution in [3.05, 3.63) is 73.7 Å². The van der Waals surface area contributed by atoms with Gasteiger partial charge in [-0.1, -0.05) is 52.9 Å². The molecule has 0 bridgehead atoms. The Kier molecular flexibility index (Phi) is 6.77. The Morgan fingerprint density at radius 1 is 1.08 bits per heavy atom. The highest BCUT2D eigenvalue weighted by atomic mass is 35.5. The van der Waals surface area contributed by atoms with Crippen LogP contribution in [0.5, 0.6) is 5.75 Å². The molecule has 9 nitrogen and oxygen atoms in total. The third kappa shape index (κ3) is 4.43. The number of benzene rings is 2. The normalized spacial score (nSPS) is 22.8. The molecule has 38 heavy (non-hydrogen) atoms. The van der Waals surface area contributed by atoms with E-state index in [2.05, 4.69) is 4.98 Å². The zero-order valence-corrected chi connectivity index (χ0v) is 22.3. The van der Waals surface area contributed by atoms with Gasteiger partial charge < -0.3 is 19.4 Å². The Labute approximate surface area is 230 Å². The molecule has 12 heteroatoms. The number of para-hydroxylation sites is 1. The fraction of sp³-hybridized carbons (Fsp3) is 0.308. The molecular formula is C26H22ClN3O6S2. The maximum atomic E-state index is 13.9. The van der Waals surface area contributed by atoms with Crippen LogP contribution in [0.15, 0.2) is 58.4 Å². The van der Waals surface area contributed by atoms with Gasteiger partial charge in [0.2, 0.25) is 11.8 Å². The number of hydrogen-bond donors (Lipinski definition) is 1. The second kappa shape index (κ2) is 10.2. The van der Waals surface area contributed by atoms with Crippen molar-refractivity contribution in [2.24, 2.45) is 5.92 Å². The molecule has 3 aromatic rings. The van der Waals surface area contributed by atoms with Crippen LogP contribution < -0.4 is 14.5 Å². The van der Waals surface area contributed by atoms with Crippen molar-refractivity contribution in [2.45, 2.75) is 16.2 Å². The number of morpholine rings is 1. The molecule has 0 radical (unpaired) electrons. The van der Waals surface area contributed by atoms with E-state index < -0.39 is 17.1 Å². The zero-order chi connectivity index (χ0) is 26.4. The number of hydrogen-bond acceptors (Lipinski definition) is 8. The van der Waals surface area contributed by atoms with E-state index >= 15 is 0 Å². The van der Waals surface area contributed by atoms with Crippen molar-refractivity contribution >= 4 is 58.1 Å². The monoisotopic (exact) mass is 571 g/mol. The summed E-state index contributed by atoms with van der Waals surface area (Å²) in [5.41, 5.74) is 1.04. The van der Waals surface area contributed by atoms with Crippen molar-refractivity contribution in [3.8, 4) is 5.75 Å². The third-order valence-electron chi connectivity index (χ3n) is 6.86. The molecule has 2 aromatic carbocycles. The Balaban J connectivity index is 1.39. The minimum absolute atomic E-state index is 0.180. The molecule has 2 saturated heterocycles. The van der Waals surface area contributed by atoms with Crippen molar-refractivity contribution < 1.29 is 23.9 Å². The zero-order valence-electron chi connectivity index (χ0n) is 19.9. The number of aromatic amines is 1. The van der Waals surface area contributed by atoms with Gasteiger partial charge in [-0.05, 0) is 30.3 Å². The minimum atomic E-state index is -0.789. The van der Waals surface area contributed by atoms with Crippen LogP contribution in [0.2, 0.25) is 5.02 Å². The number of nitrogens with one attached hydrogen (secondary N) is 1. The SMILES string of the molecule is O=C(COc1ccc(Cl)cc1C1c2sc(=O)[nH]c2SC2C(=O)N(c3ccccc3)C(=O)C21)N1CCOCC1. The van der Waals surface area contributed by atoms with Gasteiger partial charge in [0.1, 0.15) is 11.0 Å². The first-order chi connectivity index (χ1) is 18.4. The van der Waals surface area contributed by atoms with Crippen molar-refractivity contribution in [3.63, 3.8) is 0 Å². The van der Waals surface area contributed by atoms with Crippen LogP contribution in [-0.2, 0) is 19.1 Å². The van der Waals surface area contributed by atoms with Gasteiger partial charge in [-0.3, -0.25) is 19.2 Å². The largest absolute Gasteiger partial charge is 0.483 e. The van der Waals surface area contributed by atoms with Crippen LogP contribution in [0.4, 0.5) is 5.69 Å². The molecule has 1 N–H and O–H groups in total. The number of rotatable bonds is 5. The van der Waals surface area contributed by atoms with E-state index in [0.717, 1.165) is 11.3 Å². The van der Waals surface area contributed by atoms with E-state index in [1.807, 2.05) is 6.07 Å². The van der Waals surface area contributed by atoms with E-state index in [1.165, 1.54) is 16.7 Å². The summed E-state index contributed by atoms with van der Waals surface area (Å²) in [6.07, 6.45) is 0. The van der Waals surface area contributed by atoms with Crippen molar-refractivity contribution in [2.75, 3.05) is 37.8 Å². The first-order valence-corrected chi connectivity index (χ1v) is 14.1. The third-order valence-corrected chi connectivity index (χ3v) is 9.50. The Bertz CT molecular complexity index is 1470. The molecule has 2 fully saturated rings. The minimum Gasteiger partial charge on any atom is -0.483 e. The summed E-state index contributed by atoms with van der Waals surface area (Å²) in [6.45, 7) is 1.73. The standard InChI is InChI=1S/C26H22ClN3O6S2/c27-14-6-7-17(36-13-18(31)29-8-10-35-11-9-29)16(12-14)19-20-22(37-23-21(19)38-26(34)28-23)25(33)30(24(20)32)15-4-2-1-3-5-15/h1-7,12,19-20,22H,8-11,13H2,(H,28,34). The maximum Gasteiger partial charge on any atom is 0.305 e. The fourth-order valence-electron chi connectivity index (χ4n) is 5.12. The molecule has 3 unspecified atom stereocenters. The number of imide groups is 1. The molecule has 0 aliphatic carbocycles. The van der Waals surface area contributed by atoms with Crippen LogP contribution >= 0.6 is 34.7 Å². The fourth-order valence-corrected chi connectivity index (χ4v) is 7.81. The van der Waals surface area contributed by atoms with E-state index in [1.54, 1.807) is 47.4 Å². The number of aromatic nitrogens is 1. The van der Waals surface area contributed by atoms with E-state index in [0.29, 0.717) is 58.2 Å². The molecule has 3 aliphatic heterocycles. The van der Waals surface area contributed by atoms with E-state index in [-0.39, 0.29) is 29.2 Å². The number of fused-ring (bicyclic) bond motifs is 2. The molecule has 3 aliphatic rings. The lowest BCUT2D eigenvalue weighted by Gasteiger charge is -2.31. The molecule has 4 heterocycles. The second-order valence-electron chi connectivity index (χ2n) is 9.06. The number of amides is 3. The van der Waals surface area contributed by atoms with Crippen LogP contribution in [0.3, 0.4) is 0 Å². The predicted octanol–water partition coefficient (Wildman–Crippen LogP) is 3.12. The topological polar surface area (TPSA) is 109 Å². The summed E-state index contributed by atoms with van der Waals surface area (Å²) < 4.78 is 11.3. The number of nitrogens with zero attached hydrogens (tertiary/aromatic N) is 2. The Hall–Kier alpha value is -3.12. The Morgan fingerprint density at radius 3 is 2.61 bits per heavy atom. The maximum absolute atomic E-state index is 13.9. The highest BCUT2D eigenvalue weighted by Crippen LogP contribution is 2.54. The van der Waals surface area contributed by atoms with Crippen molar-refractivity contribution in [1.82, 2.24) is 9.88 Å². The number of thioether (sulfide) groups is 1. The number of carbonyl (C=O) groups excluding carboxylic acids is 3. The average Bonchev–Trinajstić information content (AvgIpc) is 3.42. The molecule has 196 valence electrons. The number of anilines is 1. The van der Waals surface area contributed by atoms with Gasteiger partial charge in [0.05, 0.1) is 29.8 Å². The molecule has 0 spiro atoms. The summed E-state index contributed by atoms with van der Waals surface area (Å²) in [6, 6.07) is 13.8. The summed E-state index contributed by atoms with van der Waals surface area (Å²) in [4.78, 5) is 58.7. The van der Waals surface area contributed by atoms with Crippen LogP contribution in [0, 0.1) is 5.92 Å². The van der Waals surface area contributed by atoms with Crippen molar-refractivity contribution in [1.29, 1.82) is 0 Å². The predicted molar refractivity (Wildman–Crippen MR) is 143 cm³/mol. The van der Waals surface area contributed by atoms with Gasteiger partial charge in [0, 0.05) is 34.5 Å². The van der Waals surface area contributed by atoms with Gasteiger partial charge in [-0.15, -0.1) is 0 Å². The number of halogens is 1. The molecule has 3 atom stereocenters. The lowest BCUT2D eigenvalue weighted by molar-refractivity contribution is -0.137. The van der Waals surface area contributed by atoms with E-state index in [4.69, 9.17) is 21.1 Å². The quantitative estimate of drug-likeness (QED) is 0.469. The number of H-pyrrole nitrogens is 1. The first kappa shape index (κ1) is 25.2. The highest BCUT2D eigenvalue weighted by Gasteiger charge is 2.56. The summed E-state index contributed by atoms with van der Waals surface area (Å²) in [7, 11) is 0. The van der Waals surface area contributed by atoms with E-state index in [9.17, 15) is 19.2 Å². The van der Waals surface area contributed by atoms with Gasteiger partial charge >= 0.3 is 4.87 Å². The highest BCUT2D eigenvalue weighted by molar-refractivity contribution is 8.00. The average molecular weight is 572 g/mol.